The zero-order chi connectivity index (χ0) is 10.7. The summed E-state index contributed by atoms with van der Waals surface area (Å²) >= 11 is 5.96. The van der Waals surface area contributed by atoms with Gasteiger partial charge >= 0.3 is 0 Å². The molecular weight excluding hydrogens is 201 g/mol. The van der Waals surface area contributed by atoms with Gasteiger partial charge in [0, 0.05) is 5.02 Å². The lowest BCUT2D eigenvalue weighted by Gasteiger charge is -2.12. The first-order valence-electron chi connectivity index (χ1n) is 4.69. The molecule has 1 aromatic carbocycles. The Morgan fingerprint density at radius 3 is 2.64 bits per heavy atom. The van der Waals surface area contributed by atoms with Crippen LogP contribution in [0, 0.1) is 18.7 Å². The molecule has 0 aliphatic heterocycles. The van der Waals surface area contributed by atoms with E-state index in [2.05, 4.69) is 6.92 Å². The van der Waals surface area contributed by atoms with E-state index in [9.17, 15) is 4.39 Å². The zero-order valence-corrected chi connectivity index (χ0v) is 9.24. The minimum atomic E-state index is -0.281. The fourth-order valence-corrected chi connectivity index (χ4v) is 1.75. The molecule has 0 aromatic heterocycles. The molecule has 0 unspecified atom stereocenters. The molecule has 0 bridgehead atoms. The van der Waals surface area contributed by atoms with Crippen molar-refractivity contribution in [3.05, 3.63) is 34.1 Å². The molecule has 0 saturated carbocycles. The second-order valence-electron chi connectivity index (χ2n) is 3.73. The lowest BCUT2D eigenvalue weighted by Crippen LogP contribution is -2.14. The SMILES string of the molecule is Cc1cc(F)cc(Cl)c1C[C@@H](C)CN. The third kappa shape index (κ3) is 2.69. The van der Waals surface area contributed by atoms with Gasteiger partial charge in [0.25, 0.3) is 0 Å². The van der Waals surface area contributed by atoms with E-state index in [1.165, 1.54) is 12.1 Å². The van der Waals surface area contributed by atoms with Gasteiger partial charge < -0.3 is 5.73 Å². The summed E-state index contributed by atoms with van der Waals surface area (Å²) in [6, 6.07) is 2.86. The van der Waals surface area contributed by atoms with Crippen LogP contribution in [0.3, 0.4) is 0 Å². The predicted molar refractivity (Wildman–Crippen MR) is 58.1 cm³/mol. The highest BCUT2D eigenvalue weighted by Gasteiger charge is 2.09. The van der Waals surface area contributed by atoms with Crippen molar-refractivity contribution in [2.75, 3.05) is 6.54 Å². The first kappa shape index (κ1) is 11.5. The molecule has 3 heteroatoms. The van der Waals surface area contributed by atoms with Crippen molar-refractivity contribution < 1.29 is 4.39 Å². The second kappa shape index (κ2) is 4.76. The Kier molecular flexibility index (Phi) is 3.90. The molecule has 0 amide bonds. The van der Waals surface area contributed by atoms with Crippen LogP contribution in [-0.4, -0.2) is 6.54 Å². The van der Waals surface area contributed by atoms with Crippen LogP contribution in [0.4, 0.5) is 4.39 Å². The van der Waals surface area contributed by atoms with Gasteiger partial charge in [0.15, 0.2) is 0 Å². The van der Waals surface area contributed by atoms with Gasteiger partial charge in [-0.1, -0.05) is 18.5 Å². The maximum absolute atomic E-state index is 12.9. The van der Waals surface area contributed by atoms with E-state index in [0.717, 1.165) is 17.5 Å². The normalized spacial score (nSPS) is 12.9. The van der Waals surface area contributed by atoms with Gasteiger partial charge in [-0.3, -0.25) is 0 Å². The molecule has 1 atom stereocenters. The van der Waals surface area contributed by atoms with E-state index in [1.54, 1.807) is 0 Å². The van der Waals surface area contributed by atoms with Gasteiger partial charge in [-0.15, -0.1) is 0 Å². The number of aryl methyl sites for hydroxylation is 1. The molecule has 14 heavy (non-hydrogen) atoms. The summed E-state index contributed by atoms with van der Waals surface area (Å²) in [5, 5.41) is 0.503. The van der Waals surface area contributed by atoms with Gasteiger partial charge in [-0.2, -0.15) is 0 Å². The number of hydrogen-bond donors (Lipinski definition) is 1. The van der Waals surface area contributed by atoms with Crippen molar-refractivity contribution in [3.63, 3.8) is 0 Å². The summed E-state index contributed by atoms with van der Waals surface area (Å²) in [6.45, 7) is 4.54. The molecular formula is C11H15ClFN. The summed E-state index contributed by atoms with van der Waals surface area (Å²) in [7, 11) is 0. The Balaban J connectivity index is 2.96. The highest BCUT2D eigenvalue weighted by Crippen LogP contribution is 2.24. The lowest BCUT2D eigenvalue weighted by molar-refractivity contribution is 0.587. The van der Waals surface area contributed by atoms with Crippen LogP contribution in [0.5, 0.6) is 0 Å². The minimum Gasteiger partial charge on any atom is -0.330 e. The fourth-order valence-electron chi connectivity index (χ4n) is 1.42. The molecule has 1 nitrogen and oxygen atoms in total. The van der Waals surface area contributed by atoms with Crippen molar-refractivity contribution in [2.45, 2.75) is 20.3 Å². The summed E-state index contributed by atoms with van der Waals surface area (Å²) in [5.74, 6) is 0.0910. The van der Waals surface area contributed by atoms with Gasteiger partial charge in [-0.05, 0) is 49.1 Å². The van der Waals surface area contributed by atoms with Crippen LogP contribution in [0.15, 0.2) is 12.1 Å². The van der Waals surface area contributed by atoms with E-state index < -0.39 is 0 Å². The number of benzene rings is 1. The van der Waals surface area contributed by atoms with E-state index in [4.69, 9.17) is 17.3 Å². The van der Waals surface area contributed by atoms with Gasteiger partial charge in [0.2, 0.25) is 0 Å². The Labute approximate surface area is 89.1 Å². The average molecular weight is 216 g/mol. The summed E-state index contributed by atoms with van der Waals surface area (Å²) in [4.78, 5) is 0. The number of nitrogens with two attached hydrogens (primary N) is 1. The average Bonchev–Trinajstić information content (AvgIpc) is 2.10. The lowest BCUT2D eigenvalue weighted by atomic mass is 9.97. The van der Waals surface area contributed by atoms with Gasteiger partial charge in [0.05, 0.1) is 0 Å². The highest BCUT2D eigenvalue weighted by atomic mass is 35.5. The van der Waals surface area contributed by atoms with E-state index >= 15 is 0 Å². The molecule has 0 spiro atoms. The van der Waals surface area contributed by atoms with Crippen LogP contribution >= 0.6 is 11.6 Å². The highest BCUT2D eigenvalue weighted by molar-refractivity contribution is 6.31. The van der Waals surface area contributed by atoms with E-state index in [1.807, 2.05) is 6.92 Å². The molecule has 0 fully saturated rings. The van der Waals surface area contributed by atoms with Crippen LogP contribution in [0.1, 0.15) is 18.1 Å². The Hall–Kier alpha value is -0.600. The summed E-state index contributed by atoms with van der Waals surface area (Å²) in [6.07, 6.45) is 0.807. The van der Waals surface area contributed by atoms with Crippen molar-refractivity contribution in [2.24, 2.45) is 11.7 Å². The smallest absolute Gasteiger partial charge is 0.124 e. The first-order valence-corrected chi connectivity index (χ1v) is 5.07. The number of halogens is 2. The van der Waals surface area contributed by atoms with E-state index in [0.29, 0.717) is 17.5 Å². The maximum Gasteiger partial charge on any atom is 0.124 e. The molecule has 1 rings (SSSR count). The second-order valence-corrected chi connectivity index (χ2v) is 4.14. The standard InChI is InChI=1S/C11H15ClFN/c1-7(6-14)3-10-8(2)4-9(13)5-11(10)12/h4-5,7H,3,6,14H2,1-2H3/t7-/m1/s1. The van der Waals surface area contributed by atoms with Crippen molar-refractivity contribution in [1.29, 1.82) is 0 Å². The van der Waals surface area contributed by atoms with Crippen LogP contribution in [-0.2, 0) is 6.42 Å². The monoisotopic (exact) mass is 215 g/mol. The Bertz CT molecular complexity index is 302. The predicted octanol–water partition coefficient (Wildman–Crippen LogP) is 2.92. The molecule has 78 valence electrons. The molecule has 0 heterocycles. The van der Waals surface area contributed by atoms with Gasteiger partial charge in [-0.25, -0.2) is 4.39 Å². The molecule has 1 aromatic rings. The Morgan fingerprint density at radius 1 is 1.50 bits per heavy atom. The zero-order valence-electron chi connectivity index (χ0n) is 8.48. The fraction of sp³-hybridized carbons (Fsp3) is 0.455. The molecule has 0 saturated heterocycles. The summed E-state index contributed by atoms with van der Waals surface area (Å²) < 4.78 is 12.9. The number of rotatable bonds is 3. The van der Waals surface area contributed by atoms with E-state index in [-0.39, 0.29) is 5.82 Å². The summed E-state index contributed by atoms with van der Waals surface area (Å²) in [5.41, 5.74) is 7.44. The molecule has 0 aliphatic carbocycles. The number of hydrogen-bond acceptors (Lipinski definition) is 1. The molecule has 0 radical (unpaired) electrons. The first-order chi connectivity index (χ1) is 6.54. The van der Waals surface area contributed by atoms with Crippen LogP contribution < -0.4 is 5.73 Å². The topological polar surface area (TPSA) is 26.0 Å². The van der Waals surface area contributed by atoms with Gasteiger partial charge in [0.1, 0.15) is 5.82 Å². The van der Waals surface area contributed by atoms with Crippen molar-refractivity contribution in [1.82, 2.24) is 0 Å². The van der Waals surface area contributed by atoms with Crippen molar-refractivity contribution in [3.8, 4) is 0 Å². The van der Waals surface area contributed by atoms with Crippen LogP contribution in [0.25, 0.3) is 0 Å². The third-order valence-electron chi connectivity index (χ3n) is 2.34. The van der Waals surface area contributed by atoms with Crippen LogP contribution in [0.2, 0.25) is 5.02 Å². The molecule has 0 aliphatic rings. The Morgan fingerprint density at radius 2 is 2.14 bits per heavy atom. The maximum atomic E-state index is 12.9. The minimum absolute atomic E-state index is 0.281. The third-order valence-corrected chi connectivity index (χ3v) is 2.68. The van der Waals surface area contributed by atoms with Crippen molar-refractivity contribution >= 4 is 11.6 Å². The largest absolute Gasteiger partial charge is 0.330 e. The molecule has 2 N–H and O–H groups in total. The quantitative estimate of drug-likeness (QED) is 0.825.